The Balaban J connectivity index is 1.35. The molecule has 170 valence electrons. The maximum atomic E-state index is 14.5. The Morgan fingerprint density at radius 1 is 1.09 bits per heavy atom. The first-order chi connectivity index (χ1) is 16.1. The Morgan fingerprint density at radius 3 is 2.70 bits per heavy atom. The molecule has 0 spiro atoms. The average Bonchev–Trinajstić information content (AvgIpc) is 3.41. The first-order valence-electron chi connectivity index (χ1n) is 10.9. The summed E-state index contributed by atoms with van der Waals surface area (Å²) in [7, 11) is 0. The molecule has 1 amide bonds. The Labute approximate surface area is 193 Å². The van der Waals surface area contributed by atoms with Gasteiger partial charge in [0, 0.05) is 11.7 Å². The van der Waals surface area contributed by atoms with Crippen molar-refractivity contribution in [3.8, 4) is 11.4 Å². The number of H-pyrrole nitrogens is 2. The van der Waals surface area contributed by atoms with Crippen LogP contribution in [0.2, 0.25) is 0 Å². The fraction of sp³-hybridized carbons (Fsp3) is 0.304. The Bertz CT molecular complexity index is 1350. The van der Waals surface area contributed by atoms with E-state index >= 15 is 0 Å². The van der Waals surface area contributed by atoms with Gasteiger partial charge < -0.3 is 15.3 Å². The molecular weight excluding hydrogens is 443 g/mol. The van der Waals surface area contributed by atoms with E-state index in [-0.39, 0.29) is 29.2 Å². The third-order valence-electron chi connectivity index (χ3n) is 5.85. The number of hydrogen-bond donors (Lipinski definition) is 3. The van der Waals surface area contributed by atoms with E-state index < -0.39 is 0 Å². The van der Waals surface area contributed by atoms with E-state index in [0.29, 0.717) is 33.3 Å². The number of thioether (sulfide) groups is 1. The minimum atomic E-state index is -0.338. The average molecular weight is 467 g/mol. The Hall–Kier alpha value is -3.40. The molecule has 10 heteroatoms. The lowest BCUT2D eigenvalue weighted by Gasteiger charge is -2.25. The number of nitrogens with zero attached hydrogens (tertiary/aromatic N) is 3. The lowest BCUT2D eigenvalue weighted by atomic mass is 9.95. The second-order valence-corrected chi connectivity index (χ2v) is 9.07. The molecule has 33 heavy (non-hydrogen) atoms. The van der Waals surface area contributed by atoms with Crippen molar-refractivity contribution in [2.24, 2.45) is 0 Å². The van der Waals surface area contributed by atoms with E-state index in [1.807, 2.05) is 4.57 Å². The van der Waals surface area contributed by atoms with E-state index in [0.717, 1.165) is 25.7 Å². The Morgan fingerprint density at radius 2 is 1.88 bits per heavy atom. The molecule has 0 radical (unpaired) electrons. The summed E-state index contributed by atoms with van der Waals surface area (Å²) in [4.78, 5) is 29.4. The zero-order chi connectivity index (χ0) is 22.8. The van der Waals surface area contributed by atoms with Crippen LogP contribution in [-0.4, -0.2) is 36.4 Å². The molecule has 1 aliphatic rings. The normalized spacial score (nSPS) is 14.6. The van der Waals surface area contributed by atoms with Gasteiger partial charge in [0.2, 0.25) is 5.91 Å². The topological polar surface area (TPSA) is 108 Å². The van der Waals surface area contributed by atoms with Gasteiger partial charge in [0.15, 0.2) is 11.0 Å². The highest BCUT2D eigenvalue weighted by molar-refractivity contribution is 7.99. The van der Waals surface area contributed by atoms with Gasteiger partial charge >= 0.3 is 5.69 Å². The summed E-state index contributed by atoms with van der Waals surface area (Å²) < 4.78 is 16.5. The number of amides is 1. The number of halogens is 1. The van der Waals surface area contributed by atoms with Gasteiger partial charge in [-0.25, -0.2) is 9.18 Å². The number of rotatable bonds is 6. The number of benzene rings is 2. The quantitative estimate of drug-likeness (QED) is 0.363. The van der Waals surface area contributed by atoms with Crippen molar-refractivity contribution in [3.05, 3.63) is 58.8 Å². The number of carbonyl (C=O) groups is 1. The molecule has 2 aromatic carbocycles. The molecule has 4 aromatic rings. The van der Waals surface area contributed by atoms with Gasteiger partial charge in [-0.05, 0) is 43.2 Å². The van der Waals surface area contributed by atoms with Gasteiger partial charge in [0.25, 0.3) is 0 Å². The van der Waals surface area contributed by atoms with E-state index in [1.165, 1.54) is 24.2 Å². The highest BCUT2D eigenvalue weighted by atomic mass is 32.2. The second-order valence-electron chi connectivity index (χ2n) is 8.12. The van der Waals surface area contributed by atoms with Crippen LogP contribution in [0.5, 0.6) is 0 Å². The van der Waals surface area contributed by atoms with Crippen LogP contribution in [-0.2, 0) is 4.79 Å². The highest BCUT2D eigenvalue weighted by Gasteiger charge is 2.25. The molecule has 1 fully saturated rings. The maximum Gasteiger partial charge on any atom is 0.323 e. The molecule has 1 saturated carbocycles. The van der Waals surface area contributed by atoms with Crippen molar-refractivity contribution in [1.29, 1.82) is 0 Å². The minimum absolute atomic E-state index is 0.129. The van der Waals surface area contributed by atoms with Crippen LogP contribution in [0.15, 0.2) is 52.4 Å². The molecular formula is C23H23FN6O2S. The van der Waals surface area contributed by atoms with Crippen LogP contribution in [0.1, 0.15) is 38.1 Å². The molecule has 5 rings (SSSR count). The number of fused-ring (bicyclic) bond motifs is 1. The van der Waals surface area contributed by atoms with Crippen molar-refractivity contribution in [2.45, 2.75) is 43.3 Å². The molecule has 1 aliphatic carbocycles. The number of aromatic nitrogens is 5. The summed E-state index contributed by atoms with van der Waals surface area (Å²) in [5, 5.41) is 12.1. The maximum absolute atomic E-state index is 14.5. The number of hydrogen-bond acceptors (Lipinski definition) is 5. The van der Waals surface area contributed by atoms with Gasteiger partial charge in [-0.1, -0.05) is 43.2 Å². The fourth-order valence-corrected chi connectivity index (χ4v) is 5.11. The monoisotopic (exact) mass is 466 g/mol. The SMILES string of the molecule is O=C(CSc1nnc(-c2ccccc2F)n1C1CCCCC1)Nc1ccc2[nH]c(=O)[nH]c2c1. The van der Waals surface area contributed by atoms with Crippen LogP contribution in [0, 0.1) is 5.82 Å². The summed E-state index contributed by atoms with van der Waals surface area (Å²) >= 11 is 1.29. The molecule has 8 nitrogen and oxygen atoms in total. The van der Waals surface area contributed by atoms with E-state index in [9.17, 15) is 14.0 Å². The fourth-order valence-electron chi connectivity index (χ4n) is 4.31. The molecule has 0 saturated heterocycles. The number of imidazole rings is 1. The van der Waals surface area contributed by atoms with E-state index in [1.54, 1.807) is 36.4 Å². The summed E-state index contributed by atoms with van der Waals surface area (Å²) in [6.07, 6.45) is 5.36. The van der Waals surface area contributed by atoms with Gasteiger partial charge in [-0.15, -0.1) is 10.2 Å². The standard InChI is InChI=1S/C23H23FN6O2S/c24-17-9-5-4-8-16(17)21-28-29-23(30(21)15-6-2-1-3-7-15)33-13-20(31)25-14-10-11-18-19(12-14)27-22(32)26-18/h4-5,8-12,15H,1-3,6-7,13H2,(H,25,31)(H2,26,27,32). The van der Waals surface area contributed by atoms with Crippen molar-refractivity contribution < 1.29 is 9.18 Å². The molecule has 2 heterocycles. The summed E-state index contributed by atoms with van der Waals surface area (Å²) in [5.74, 6) is 0.0891. The third-order valence-corrected chi connectivity index (χ3v) is 6.79. The molecule has 0 atom stereocenters. The zero-order valence-corrected chi connectivity index (χ0v) is 18.6. The first kappa shape index (κ1) is 21.4. The van der Waals surface area contributed by atoms with Crippen molar-refractivity contribution in [2.75, 3.05) is 11.1 Å². The van der Waals surface area contributed by atoms with Gasteiger partial charge in [0.1, 0.15) is 5.82 Å². The molecule has 3 N–H and O–H groups in total. The van der Waals surface area contributed by atoms with Gasteiger partial charge in [0.05, 0.1) is 22.3 Å². The van der Waals surface area contributed by atoms with E-state index in [4.69, 9.17) is 0 Å². The molecule has 0 aliphatic heterocycles. The van der Waals surface area contributed by atoms with Crippen molar-refractivity contribution >= 4 is 34.4 Å². The molecule has 0 bridgehead atoms. The second kappa shape index (κ2) is 9.22. The molecule has 0 unspecified atom stereocenters. The summed E-state index contributed by atoms with van der Waals surface area (Å²) in [6.45, 7) is 0. The minimum Gasteiger partial charge on any atom is -0.325 e. The van der Waals surface area contributed by atoms with E-state index in [2.05, 4.69) is 25.5 Å². The van der Waals surface area contributed by atoms with Crippen LogP contribution in [0.3, 0.4) is 0 Å². The number of nitrogens with one attached hydrogen (secondary N) is 3. The smallest absolute Gasteiger partial charge is 0.323 e. The lowest BCUT2D eigenvalue weighted by Crippen LogP contribution is -2.17. The van der Waals surface area contributed by atoms with Gasteiger partial charge in [-0.3, -0.25) is 9.36 Å². The predicted octanol–water partition coefficient (Wildman–Crippen LogP) is 4.49. The van der Waals surface area contributed by atoms with Crippen LogP contribution in [0.25, 0.3) is 22.4 Å². The Kier molecular flexibility index (Phi) is 5.99. The highest BCUT2D eigenvalue weighted by Crippen LogP contribution is 2.36. The van der Waals surface area contributed by atoms with Crippen LogP contribution in [0.4, 0.5) is 10.1 Å². The number of aromatic amines is 2. The van der Waals surface area contributed by atoms with Crippen LogP contribution >= 0.6 is 11.8 Å². The summed E-state index contributed by atoms with van der Waals surface area (Å²) in [5.41, 5.74) is 2.01. The third kappa shape index (κ3) is 4.56. The predicted molar refractivity (Wildman–Crippen MR) is 126 cm³/mol. The molecule has 2 aromatic heterocycles. The van der Waals surface area contributed by atoms with Gasteiger partial charge in [-0.2, -0.15) is 0 Å². The number of carbonyl (C=O) groups excluding carboxylic acids is 1. The zero-order valence-electron chi connectivity index (χ0n) is 17.8. The van der Waals surface area contributed by atoms with Crippen LogP contribution < -0.4 is 11.0 Å². The first-order valence-corrected chi connectivity index (χ1v) is 11.9. The van der Waals surface area contributed by atoms with Crippen molar-refractivity contribution in [1.82, 2.24) is 24.7 Å². The summed E-state index contributed by atoms with van der Waals surface area (Å²) in [6, 6.07) is 11.9. The largest absolute Gasteiger partial charge is 0.325 e. The van der Waals surface area contributed by atoms with Crippen molar-refractivity contribution in [3.63, 3.8) is 0 Å². The lowest BCUT2D eigenvalue weighted by molar-refractivity contribution is -0.113. The number of anilines is 1.